The molecule has 0 radical (unpaired) electrons. The van der Waals surface area contributed by atoms with Crippen LogP contribution in [-0.4, -0.2) is 18.4 Å². The molecule has 0 rings (SSSR count). The van der Waals surface area contributed by atoms with Gasteiger partial charge in [-0.05, 0) is 0 Å². The van der Waals surface area contributed by atoms with Gasteiger partial charge in [0.1, 0.15) is 0 Å². The summed E-state index contributed by atoms with van der Waals surface area (Å²) in [4.78, 5) is 2.75. The summed E-state index contributed by atoms with van der Waals surface area (Å²) >= 11 is -1.90. The molecular formula is C19H42Sn. The predicted octanol–water partition coefficient (Wildman–Crippen LogP) is 7.37. The molecule has 0 unspecified atom stereocenters. The first-order valence-electron chi connectivity index (χ1n) is 8.62. The molecule has 1 heteroatoms. The average Bonchev–Trinajstić information content (AvgIpc) is 2.18. The zero-order chi connectivity index (χ0) is 16.2. The van der Waals surface area contributed by atoms with E-state index in [4.69, 9.17) is 0 Å². The molecule has 0 aromatic carbocycles. The molecule has 0 aliphatic carbocycles. The van der Waals surface area contributed by atoms with Crippen molar-refractivity contribution < 1.29 is 0 Å². The molecule has 0 aromatic heterocycles. The first kappa shape index (κ1) is 20.8. The molecule has 0 saturated heterocycles. The van der Waals surface area contributed by atoms with Crippen molar-refractivity contribution in [1.82, 2.24) is 0 Å². The van der Waals surface area contributed by atoms with Gasteiger partial charge in [-0.15, -0.1) is 0 Å². The van der Waals surface area contributed by atoms with E-state index in [9.17, 15) is 0 Å². The molecule has 0 N–H and O–H groups in total. The van der Waals surface area contributed by atoms with Crippen molar-refractivity contribution in [3.8, 4) is 0 Å². The number of rotatable bonds is 6. The van der Waals surface area contributed by atoms with Crippen LogP contribution in [0.4, 0.5) is 0 Å². The van der Waals surface area contributed by atoms with E-state index in [0.29, 0.717) is 16.2 Å². The molecule has 20 heavy (non-hydrogen) atoms. The van der Waals surface area contributed by atoms with E-state index >= 15 is 0 Å². The van der Waals surface area contributed by atoms with E-state index in [1.54, 1.807) is 13.3 Å². The molecule has 0 saturated carbocycles. The van der Waals surface area contributed by atoms with E-state index in [1.807, 2.05) is 0 Å². The van der Waals surface area contributed by atoms with E-state index in [-0.39, 0.29) is 0 Å². The Bertz CT molecular complexity index is 224. The van der Waals surface area contributed by atoms with Crippen LogP contribution < -0.4 is 0 Å². The van der Waals surface area contributed by atoms with Gasteiger partial charge >= 0.3 is 134 Å². The summed E-state index contributed by atoms with van der Waals surface area (Å²) in [5, 5.41) is 0. The van der Waals surface area contributed by atoms with Crippen LogP contribution in [0, 0.1) is 16.2 Å². The third kappa shape index (κ3) is 12.5. The Balaban J connectivity index is 4.66. The van der Waals surface area contributed by atoms with Gasteiger partial charge in [-0.3, -0.25) is 0 Å². The standard InChI is InChI=1S/3C6H13.CH3.Sn/c3*1-5-6(2,3)4;;/h3*1,5H2,2-4H3;1H3;. The average molecular weight is 389 g/mol. The van der Waals surface area contributed by atoms with Gasteiger partial charge in [0.15, 0.2) is 0 Å². The zero-order valence-electron chi connectivity index (χ0n) is 16.2. The summed E-state index contributed by atoms with van der Waals surface area (Å²) in [6.07, 6.45) is 4.32. The molecule has 122 valence electrons. The van der Waals surface area contributed by atoms with Crippen LogP contribution >= 0.6 is 0 Å². The van der Waals surface area contributed by atoms with E-state index < -0.39 is 18.4 Å². The van der Waals surface area contributed by atoms with Crippen molar-refractivity contribution >= 4 is 18.4 Å². The van der Waals surface area contributed by atoms with Crippen LogP contribution in [-0.2, 0) is 0 Å². The molecule has 0 bridgehead atoms. The molecule has 0 nitrogen and oxygen atoms in total. The molecule has 0 aromatic rings. The van der Waals surface area contributed by atoms with E-state index in [2.05, 4.69) is 67.3 Å². The summed E-state index contributed by atoms with van der Waals surface area (Å²) in [5.74, 6) is 0. The fourth-order valence-electron chi connectivity index (χ4n) is 2.41. The summed E-state index contributed by atoms with van der Waals surface area (Å²) < 4.78 is 4.76. The molecule has 0 aliphatic heterocycles. The fraction of sp³-hybridized carbons (Fsp3) is 1.00. The Kier molecular flexibility index (Phi) is 7.67. The van der Waals surface area contributed by atoms with Gasteiger partial charge in [-0.2, -0.15) is 0 Å². The van der Waals surface area contributed by atoms with Crippen LogP contribution in [0.5, 0.6) is 0 Å². The van der Waals surface area contributed by atoms with Gasteiger partial charge in [0.25, 0.3) is 0 Å². The number of hydrogen-bond acceptors (Lipinski definition) is 0. The summed E-state index contributed by atoms with van der Waals surface area (Å²) in [6, 6.07) is 0. The van der Waals surface area contributed by atoms with Crippen molar-refractivity contribution in [1.29, 1.82) is 0 Å². The maximum atomic E-state index is 2.75. The van der Waals surface area contributed by atoms with Gasteiger partial charge < -0.3 is 0 Å². The minimum absolute atomic E-state index is 0.516. The Morgan fingerprint density at radius 1 is 0.500 bits per heavy atom. The van der Waals surface area contributed by atoms with Gasteiger partial charge in [0.2, 0.25) is 0 Å². The fourth-order valence-corrected chi connectivity index (χ4v) is 16.1. The minimum atomic E-state index is -1.90. The SMILES string of the molecule is CC(C)(C)C[CH2][Sn]([CH3])([CH2]CC(C)(C)C)[CH2]CC(C)(C)C. The Morgan fingerprint density at radius 2 is 0.700 bits per heavy atom. The van der Waals surface area contributed by atoms with Gasteiger partial charge in [0.05, 0.1) is 0 Å². The second-order valence-electron chi connectivity index (χ2n) is 11.0. The first-order valence-corrected chi connectivity index (χ1v) is 17.5. The number of hydrogen-bond donors (Lipinski definition) is 0. The third-order valence-corrected chi connectivity index (χ3v) is 16.9. The monoisotopic (exact) mass is 390 g/mol. The molecule has 0 aliphatic rings. The van der Waals surface area contributed by atoms with Gasteiger partial charge in [0, 0.05) is 0 Å². The quantitative estimate of drug-likeness (QED) is 0.416. The summed E-state index contributed by atoms with van der Waals surface area (Å²) in [7, 11) is 0. The molecule has 0 spiro atoms. The normalized spacial score (nSPS) is 14.7. The van der Waals surface area contributed by atoms with Crippen molar-refractivity contribution in [2.45, 2.75) is 99.8 Å². The first-order chi connectivity index (χ1) is 8.62. The van der Waals surface area contributed by atoms with E-state index in [0.717, 1.165) is 0 Å². The molecule has 0 atom stereocenters. The van der Waals surface area contributed by atoms with Crippen LogP contribution in [0.2, 0.25) is 18.2 Å². The van der Waals surface area contributed by atoms with Gasteiger partial charge in [-0.25, -0.2) is 0 Å². The van der Waals surface area contributed by atoms with Crippen LogP contribution in [0.3, 0.4) is 0 Å². The maximum absolute atomic E-state index is 2.75. The van der Waals surface area contributed by atoms with Crippen molar-refractivity contribution in [2.75, 3.05) is 0 Å². The predicted molar refractivity (Wildman–Crippen MR) is 98.3 cm³/mol. The van der Waals surface area contributed by atoms with E-state index in [1.165, 1.54) is 19.3 Å². The molecular weight excluding hydrogens is 347 g/mol. The van der Waals surface area contributed by atoms with Crippen molar-refractivity contribution in [2.24, 2.45) is 16.2 Å². The molecule has 0 fully saturated rings. The van der Waals surface area contributed by atoms with Crippen LogP contribution in [0.1, 0.15) is 81.6 Å². The second kappa shape index (κ2) is 7.38. The summed E-state index contributed by atoms with van der Waals surface area (Å²) in [6.45, 7) is 21.7. The molecule has 0 heterocycles. The molecule has 0 amide bonds. The summed E-state index contributed by atoms with van der Waals surface area (Å²) in [5.41, 5.74) is 1.55. The van der Waals surface area contributed by atoms with Gasteiger partial charge in [-0.1, -0.05) is 0 Å². The third-order valence-electron chi connectivity index (χ3n) is 4.44. The zero-order valence-corrected chi connectivity index (χ0v) is 19.1. The Morgan fingerprint density at radius 3 is 0.850 bits per heavy atom. The van der Waals surface area contributed by atoms with Crippen molar-refractivity contribution in [3.05, 3.63) is 0 Å². The Labute approximate surface area is 134 Å². The topological polar surface area (TPSA) is 0 Å². The van der Waals surface area contributed by atoms with Crippen LogP contribution in [0.15, 0.2) is 0 Å². The van der Waals surface area contributed by atoms with Crippen molar-refractivity contribution in [3.63, 3.8) is 0 Å². The Hall–Kier alpha value is 0.799. The second-order valence-corrected chi connectivity index (χ2v) is 25.6. The van der Waals surface area contributed by atoms with Crippen LogP contribution in [0.25, 0.3) is 0 Å².